The highest BCUT2D eigenvalue weighted by molar-refractivity contribution is 9.10. The largest absolute Gasteiger partial charge is 0.342 e. The summed E-state index contributed by atoms with van der Waals surface area (Å²) in [5.41, 5.74) is 2.57. The number of ether oxygens (including phenoxy) is 2. The van der Waals surface area contributed by atoms with Crippen LogP contribution in [0.15, 0.2) is 22.7 Å². The molecule has 3 N–H and O–H groups in total. The van der Waals surface area contributed by atoms with Crippen LogP contribution in [0.25, 0.3) is 0 Å². The standard InChI is InChI=1S/C17H20BrN3O6/c1-9(2)14(15(23)20-25)19-13(22)8-21-12-4-3-10(18)7-11(12)17(16(21)24)26-5-6-27-17/h3-4,7,9,14,25H,5-6,8H2,1-2H3,(H,19,22)(H,20,23)/t14-/m0/s1. The number of carbonyl (C=O) groups is 3. The molecule has 10 heteroatoms. The minimum Gasteiger partial charge on any atom is -0.342 e. The Morgan fingerprint density at radius 2 is 2.00 bits per heavy atom. The Bertz CT molecular complexity index is 778. The molecule has 1 saturated heterocycles. The smallest absolute Gasteiger partial charge is 0.293 e. The van der Waals surface area contributed by atoms with Gasteiger partial charge in [0.05, 0.1) is 18.9 Å². The van der Waals surface area contributed by atoms with E-state index in [1.807, 2.05) is 0 Å². The molecule has 0 aliphatic carbocycles. The lowest BCUT2D eigenvalue weighted by Crippen LogP contribution is -2.52. The molecule has 1 atom stereocenters. The van der Waals surface area contributed by atoms with Gasteiger partial charge < -0.3 is 14.8 Å². The number of carbonyl (C=O) groups excluding carboxylic acids is 3. The summed E-state index contributed by atoms with van der Waals surface area (Å²) in [5, 5.41) is 11.4. The summed E-state index contributed by atoms with van der Waals surface area (Å²) in [5.74, 6) is -3.56. The first-order valence-electron chi connectivity index (χ1n) is 8.43. The van der Waals surface area contributed by atoms with Crippen molar-refractivity contribution in [3.05, 3.63) is 28.2 Å². The molecule has 2 aliphatic rings. The van der Waals surface area contributed by atoms with Crippen molar-refractivity contribution in [3.63, 3.8) is 0 Å². The van der Waals surface area contributed by atoms with Gasteiger partial charge in [0.15, 0.2) is 0 Å². The van der Waals surface area contributed by atoms with Gasteiger partial charge in [0.25, 0.3) is 17.6 Å². The maximum absolute atomic E-state index is 13.0. The zero-order chi connectivity index (χ0) is 19.8. The summed E-state index contributed by atoms with van der Waals surface area (Å²) < 4.78 is 12.0. The van der Waals surface area contributed by atoms with E-state index in [0.29, 0.717) is 11.3 Å². The van der Waals surface area contributed by atoms with Crippen LogP contribution in [0.3, 0.4) is 0 Å². The topological polar surface area (TPSA) is 117 Å². The molecule has 0 saturated carbocycles. The molecule has 146 valence electrons. The average Bonchev–Trinajstić information content (AvgIpc) is 3.20. The van der Waals surface area contributed by atoms with E-state index >= 15 is 0 Å². The fourth-order valence-electron chi connectivity index (χ4n) is 3.23. The maximum atomic E-state index is 13.0. The Kier molecular flexibility index (Phi) is 5.52. The lowest BCUT2D eigenvalue weighted by Gasteiger charge is -2.24. The van der Waals surface area contributed by atoms with Crippen LogP contribution in [0, 0.1) is 5.92 Å². The number of amides is 3. The molecule has 2 heterocycles. The summed E-state index contributed by atoms with van der Waals surface area (Å²) in [6.07, 6.45) is 0. The van der Waals surface area contributed by atoms with Gasteiger partial charge in [0.1, 0.15) is 12.6 Å². The molecule has 1 fully saturated rings. The van der Waals surface area contributed by atoms with E-state index in [4.69, 9.17) is 14.7 Å². The maximum Gasteiger partial charge on any atom is 0.293 e. The fraction of sp³-hybridized carbons (Fsp3) is 0.471. The molecule has 3 rings (SSSR count). The van der Waals surface area contributed by atoms with Crippen LogP contribution in [0.5, 0.6) is 0 Å². The van der Waals surface area contributed by atoms with E-state index < -0.39 is 29.6 Å². The number of nitrogens with zero attached hydrogens (tertiary/aromatic N) is 1. The minimum absolute atomic E-state index is 0.258. The number of hydroxylamine groups is 1. The van der Waals surface area contributed by atoms with E-state index in [9.17, 15) is 14.4 Å². The lowest BCUT2D eigenvalue weighted by atomic mass is 10.0. The first-order valence-corrected chi connectivity index (χ1v) is 9.22. The van der Waals surface area contributed by atoms with Gasteiger partial charge in [-0.2, -0.15) is 0 Å². The number of halogens is 1. The number of hydrogen-bond donors (Lipinski definition) is 3. The molecule has 27 heavy (non-hydrogen) atoms. The Morgan fingerprint density at radius 1 is 1.33 bits per heavy atom. The van der Waals surface area contributed by atoms with E-state index in [-0.39, 0.29) is 25.7 Å². The monoisotopic (exact) mass is 441 g/mol. The summed E-state index contributed by atoms with van der Waals surface area (Å²) in [6.45, 7) is 3.67. The average molecular weight is 442 g/mol. The highest BCUT2D eigenvalue weighted by atomic mass is 79.9. The second kappa shape index (κ2) is 7.55. The third kappa shape index (κ3) is 3.45. The number of anilines is 1. The van der Waals surface area contributed by atoms with Crippen molar-refractivity contribution >= 4 is 39.3 Å². The molecular formula is C17H20BrN3O6. The third-order valence-electron chi connectivity index (χ3n) is 4.50. The van der Waals surface area contributed by atoms with E-state index in [2.05, 4.69) is 21.2 Å². The van der Waals surface area contributed by atoms with Crippen LogP contribution in [0.4, 0.5) is 5.69 Å². The molecule has 9 nitrogen and oxygen atoms in total. The molecule has 0 bridgehead atoms. The van der Waals surface area contributed by atoms with Crippen molar-refractivity contribution in [1.29, 1.82) is 0 Å². The number of rotatable bonds is 5. The molecule has 0 unspecified atom stereocenters. The second-order valence-corrected chi connectivity index (χ2v) is 7.55. The van der Waals surface area contributed by atoms with Gasteiger partial charge in [-0.15, -0.1) is 0 Å². The SMILES string of the molecule is CC(C)[C@H](NC(=O)CN1C(=O)C2(OCCO2)c2cc(Br)ccc21)C(=O)NO. The van der Waals surface area contributed by atoms with Gasteiger partial charge in [-0.1, -0.05) is 29.8 Å². The van der Waals surface area contributed by atoms with Gasteiger partial charge in [-0.3, -0.25) is 24.5 Å². The minimum atomic E-state index is -1.54. The van der Waals surface area contributed by atoms with Gasteiger partial charge >= 0.3 is 0 Å². The van der Waals surface area contributed by atoms with Crippen molar-refractivity contribution < 1.29 is 29.1 Å². The van der Waals surface area contributed by atoms with Crippen LogP contribution in [-0.4, -0.2) is 48.7 Å². The van der Waals surface area contributed by atoms with Crippen LogP contribution in [-0.2, 0) is 29.6 Å². The zero-order valence-corrected chi connectivity index (χ0v) is 16.4. The molecule has 2 aliphatic heterocycles. The van der Waals surface area contributed by atoms with E-state index in [0.717, 1.165) is 4.47 Å². The Balaban J connectivity index is 1.84. The van der Waals surface area contributed by atoms with Crippen molar-refractivity contribution in [2.45, 2.75) is 25.7 Å². The zero-order valence-electron chi connectivity index (χ0n) is 14.8. The Labute approximate surface area is 164 Å². The predicted octanol–water partition coefficient (Wildman–Crippen LogP) is 0.642. The van der Waals surface area contributed by atoms with Crippen LogP contribution in [0.2, 0.25) is 0 Å². The highest BCUT2D eigenvalue weighted by Crippen LogP contribution is 2.46. The summed E-state index contributed by atoms with van der Waals surface area (Å²) in [7, 11) is 0. The molecule has 1 aromatic rings. The van der Waals surface area contributed by atoms with Crippen LogP contribution < -0.4 is 15.7 Å². The van der Waals surface area contributed by atoms with Crippen LogP contribution >= 0.6 is 15.9 Å². The van der Waals surface area contributed by atoms with Gasteiger partial charge in [0.2, 0.25) is 5.91 Å². The fourth-order valence-corrected chi connectivity index (χ4v) is 3.59. The summed E-state index contributed by atoms with van der Waals surface area (Å²) in [4.78, 5) is 38.5. The van der Waals surface area contributed by atoms with E-state index in [1.54, 1.807) is 32.0 Å². The first-order chi connectivity index (χ1) is 12.8. The molecule has 1 aromatic carbocycles. The quantitative estimate of drug-likeness (QED) is 0.455. The first kappa shape index (κ1) is 19.7. The highest BCUT2D eigenvalue weighted by Gasteiger charge is 2.56. The Hall–Kier alpha value is -2.01. The molecule has 0 aromatic heterocycles. The number of hydrogen-bond acceptors (Lipinski definition) is 6. The van der Waals surface area contributed by atoms with Gasteiger partial charge in [-0.05, 0) is 24.1 Å². The van der Waals surface area contributed by atoms with Crippen molar-refractivity contribution in [1.82, 2.24) is 10.8 Å². The number of nitrogens with one attached hydrogen (secondary N) is 2. The van der Waals surface area contributed by atoms with Crippen molar-refractivity contribution in [2.24, 2.45) is 5.92 Å². The second-order valence-electron chi connectivity index (χ2n) is 6.63. The normalized spacial score (nSPS) is 18.7. The Morgan fingerprint density at radius 3 is 2.59 bits per heavy atom. The molecule has 3 amide bonds. The number of fused-ring (bicyclic) bond motifs is 2. The molecular weight excluding hydrogens is 422 g/mol. The predicted molar refractivity (Wildman–Crippen MR) is 96.8 cm³/mol. The van der Waals surface area contributed by atoms with Crippen LogP contribution in [0.1, 0.15) is 19.4 Å². The lowest BCUT2D eigenvalue weighted by molar-refractivity contribution is -0.180. The van der Waals surface area contributed by atoms with Crippen molar-refractivity contribution in [3.8, 4) is 0 Å². The third-order valence-corrected chi connectivity index (χ3v) is 5.00. The van der Waals surface area contributed by atoms with Crippen molar-refractivity contribution in [2.75, 3.05) is 24.7 Å². The summed E-state index contributed by atoms with van der Waals surface area (Å²) in [6, 6.07) is 4.25. The molecule has 1 spiro atoms. The van der Waals surface area contributed by atoms with E-state index in [1.165, 1.54) is 10.4 Å². The van der Waals surface area contributed by atoms with Gasteiger partial charge in [0, 0.05) is 10.0 Å². The number of benzene rings is 1. The summed E-state index contributed by atoms with van der Waals surface area (Å²) >= 11 is 3.37. The molecule has 0 radical (unpaired) electrons. The van der Waals surface area contributed by atoms with Gasteiger partial charge in [-0.25, -0.2) is 5.48 Å².